The van der Waals surface area contributed by atoms with Crippen molar-refractivity contribution in [3.05, 3.63) is 17.5 Å². The first kappa shape index (κ1) is 19.3. The van der Waals surface area contributed by atoms with E-state index in [4.69, 9.17) is 5.73 Å². The topological polar surface area (TPSA) is 105 Å². The summed E-state index contributed by atoms with van der Waals surface area (Å²) in [5, 5.41) is 1.75. The highest BCUT2D eigenvalue weighted by molar-refractivity contribution is 7.91. The Kier molecular flexibility index (Phi) is 5.96. The van der Waals surface area contributed by atoms with Crippen molar-refractivity contribution in [3.63, 3.8) is 0 Å². The molecule has 0 saturated carbocycles. The van der Waals surface area contributed by atoms with Crippen LogP contribution in [-0.2, 0) is 19.6 Å². The van der Waals surface area contributed by atoms with E-state index in [0.717, 1.165) is 17.7 Å². The second-order valence-corrected chi connectivity index (χ2v) is 9.88. The van der Waals surface area contributed by atoms with Gasteiger partial charge in [0.15, 0.2) is 6.54 Å². The molecule has 3 N–H and O–H groups in total. The molecule has 0 radical (unpaired) electrons. The number of rotatable bonds is 5. The fraction of sp³-hybridized carbons (Fsp3) is 0.625. The van der Waals surface area contributed by atoms with E-state index in [1.54, 1.807) is 22.4 Å². The van der Waals surface area contributed by atoms with Crippen LogP contribution in [0.4, 0.5) is 0 Å². The van der Waals surface area contributed by atoms with Gasteiger partial charge in [-0.05, 0) is 30.7 Å². The van der Waals surface area contributed by atoms with E-state index < -0.39 is 22.0 Å². The Hall–Kier alpha value is -1.49. The van der Waals surface area contributed by atoms with Crippen LogP contribution in [-0.4, -0.2) is 74.7 Å². The number of primary amides is 1. The number of carbonyl (C=O) groups is 2. The highest BCUT2D eigenvalue weighted by atomic mass is 32.2. The van der Waals surface area contributed by atoms with Gasteiger partial charge in [0.1, 0.15) is 10.3 Å². The molecule has 3 rings (SSSR count). The maximum Gasteiger partial charge on any atom is 0.278 e. The number of hydrogen-bond acceptors (Lipinski definition) is 5. The largest absolute Gasteiger partial charge is 0.368 e. The lowest BCUT2D eigenvalue weighted by molar-refractivity contribution is -0.896. The predicted octanol–water partition coefficient (Wildman–Crippen LogP) is -1.50. The zero-order valence-corrected chi connectivity index (χ0v) is 16.2. The summed E-state index contributed by atoms with van der Waals surface area (Å²) in [4.78, 5) is 26.8. The lowest BCUT2D eigenvalue weighted by Crippen LogP contribution is -3.15. The number of amides is 2. The molecule has 0 unspecified atom stereocenters. The standard InChI is InChI=1S/C16H24N4O4S2/c17-16(22)13-4-1-2-6-20(13)14(21)12-18-7-9-19(10-8-18)26(23,24)15-5-3-11-25-15/h3,5,11,13H,1-2,4,6-10,12H2,(H2,17,22)/p+1/t13-/m1/s1. The molecule has 26 heavy (non-hydrogen) atoms. The van der Waals surface area contributed by atoms with Crippen molar-refractivity contribution in [2.75, 3.05) is 39.3 Å². The lowest BCUT2D eigenvalue weighted by atomic mass is 10.0. The van der Waals surface area contributed by atoms with E-state index in [9.17, 15) is 18.0 Å². The lowest BCUT2D eigenvalue weighted by Gasteiger charge is -2.36. The number of nitrogens with zero attached hydrogens (tertiary/aromatic N) is 2. The van der Waals surface area contributed by atoms with E-state index in [1.807, 2.05) is 0 Å². The Bertz CT molecular complexity index is 742. The summed E-state index contributed by atoms with van der Waals surface area (Å²) in [5.41, 5.74) is 5.43. The van der Waals surface area contributed by atoms with Gasteiger partial charge in [-0.3, -0.25) is 9.59 Å². The smallest absolute Gasteiger partial charge is 0.278 e. The highest BCUT2D eigenvalue weighted by Gasteiger charge is 2.35. The van der Waals surface area contributed by atoms with Crippen LogP contribution in [0.1, 0.15) is 19.3 Å². The number of quaternary nitrogens is 1. The van der Waals surface area contributed by atoms with E-state index in [1.165, 1.54) is 15.6 Å². The predicted molar refractivity (Wildman–Crippen MR) is 97.2 cm³/mol. The minimum absolute atomic E-state index is 0.0712. The summed E-state index contributed by atoms with van der Waals surface area (Å²) >= 11 is 1.22. The molecule has 1 atom stereocenters. The van der Waals surface area contributed by atoms with Gasteiger partial charge in [-0.15, -0.1) is 11.3 Å². The monoisotopic (exact) mass is 401 g/mol. The van der Waals surface area contributed by atoms with E-state index in [2.05, 4.69) is 0 Å². The van der Waals surface area contributed by atoms with Gasteiger partial charge in [0.25, 0.3) is 15.9 Å². The van der Waals surface area contributed by atoms with Crippen molar-refractivity contribution >= 4 is 33.2 Å². The van der Waals surface area contributed by atoms with Crippen molar-refractivity contribution in [1.29, 1.82) is 0 Å². The molecule has 8 nitrogen and oxygen atoms in total. The molecule has 0 bridgehead atoms. The van der Waals surface area contributed by atoms with Gasteiger partial charge in [-0.2, -0.15) is 4.31 Å². The van der Waals surface area contributed by atoms with Crippen molar-refractivity contribution in [2.24, 2.45) is 5.73 Å². The van der Waals surface area contributed by atoms with Gasteiger partial charge in [0.2, 0.25) is 5.91 Å². The maximum absolute atomic E-state index is 12.6. The average molecular weight is 402 g/mol. The van der Waals surface area contributed by atoms with Crippen LogP contribution in [0.25, 0.3) is 0 Å². The normalized spacial score (nSPS) is 23.1. The first-order valence-corrected chi connectivity index (χ1v) is 11.2. The second-order valence-electron chi connectivity index (χ2n) is 6.76. The van der Waals surface area contributed by atoms with Crippen LogP contribution >= 0.6 is 11.3 Å². The molecule has 2 aliphatic heterocycles. The molecule has 2 fully saturated rings. The Labute approximate surface area is 157 Å². The van der Waals surface area contributed by atoms with E-state index in [0.29, 0.717) is 43.4 Å². The van der Waals surface area contributed by atoms with Crippen LogP contribution in [0.3, 0.4) is 0 Å². The summed E-state index contributed by atoms with van der Waals surface area (Å²) in [5.74, 6) is -0.516. The maximum atomic E-state index is 12.6. The number of thiophene rings is 1. The molecule has 1 aromatic heterocycles. The number of hydrogen-bond donors (Lipinski definition) is 2. The summed E-state index contributed by atoms with van der Waals surface area (Å²) in [7, 11) is -3.43. The van der Waals surface area contributed by atoms with E-state index >= 15 is 0 Å². The third-order valence-electron chi connectivity index (χ3n) is 5.07. The van der Waals surface area contributed by atoms with Crippen molar-refractivity contribution in [1.82, 2.24) is 9.21 Å². The Morgan fingerprint density at radius 2 is 1.96 bits per heavy atom. The number of piperidine rings is 1. The van der Waals surface area contributed by atoms with Crippen LogP contribution in [0.5, 0.6) is 0 Å². The number of piperazine rings is 1. The molecule has 2 saturated heterocycles. The third kappa shape index (κ3) is 4.08. The summed E-state index contributed by atoms with van der Waals surface area (Å²) < 4.78 is 26.9. The molecule has 10 heteroatoms. The second kappa shape index (κ2) is 8.03. The SMILES string of the molecule is NC(=O)[C@H]1CCCCN1C(=O)C[NH+]1CCN(S(=O)(=O)c2cccs2)CC1. The zero-order valence-electron chi connectivity index (χ0n) is 14.6. The number of nitrogens with two attached hydrogens (primary N) is 1. The van der Waals surface area contributed by atoms with Gasteiger partial charge < -0.3 is 15.5 Å². The fourth-order valence-corrected chi connectivity index (χ4v) is 6.18. The molecule has 0 aromatic carbocycles. The first-order valence-electron chi connectivity index (χ1n) is 8.85. The van der Waals surface area contributed by atoms with Crippen molar-refractivity contribution in [2.45, 2.75) is 29.5 Å². The third-order valence-corrected chi connectivity index (χ3v) is 8.34. The molecule has 2 amide bonds. The summed E-state index contributed by atoms with van der Waals surface area (Å²) in [6.07, 6.45) is 2.42. The number of carbonyl (C=O) groups excluding carboxylic acids is 2. The molecule has 144 valence electrons. The van der Waals surface area contributed by atoms with Gasteiger partial charge in [-0.1, -0.05) is 6.07 Å². The van der Waals surface area contributed by atoms with Crippen LogP contribution in [0.2, 0.25) is 0 Å². The van der Waals surface area contributed by atoms with Crippen LogP contribution < -0.4 is 10.6 Å². The molecule has 1 aromatic rings. The fourth-order valence-electron chi connectivity index (χ4n) is 3.60. The van der Waals surface area contributed by atoms with Gasteiger partial charge in [0.05, 0.1) is 26.2 Å². The van der Waals surface area contributed by atoms with E-state index in [-0.39, 0.29) is 12.5 Å². The molecule has 0 spiro atoms. The Morgan fingerprint density at radius 1 is 1.23 bits per heavy atom. The first-order chi connectivity index (χ1) is 12.4. The minimum Gasteiger partial charge on any atom is -0.368 e. The van der Waals surface area contributed by atoms with Gasteiger partial charge in [0, 0.05) is 6.54 Å². The molecular formula is C16H25N4O4S2+. The molecule has 0 aliphatic carbocycles. The minimum atomic E-state index is -3.43. The summed E-state index contributed by atoms with van der Waals surface area (Å²) in [6.45, 7) is 2.77. The molecule has 3 heterocycles. The zero-order chi connectivity index (χ0) is 18.7. The number of sulfonamides is 1. The molecule has 2 aliphatic rings. The average Bonchev–Trinajstić information content (AvgIpc) is 3.17. The summed E-state index contributed by atoms with van der Waals surface area (Å²) in [6, 6.07) is 2.84. The quantitative estimate of drug-likeness (QED) is 0.627. The van der Waals surface area contributed by atoms with Crippen molar-refractivity contribution in [3.8, 4) is 0 Å². The Balaban J connectivity index is 1.55. The highest BCUT2D eigenvalue weighted by Crippen LogP contribution is 2.20. The Morgan fingerprint density at radius 3 is 2.58 bits per heavy atom. The van der Waals surface area contributed by atoms with Crippen LogP contribution in [0, 0.1) is 0 Å². The van der Waals surface area contributed by atoms with Gasteiger partial charge in [-0.25, -0.2) is 8.42 Å². The number of nitrogens with one attached hydrogen (secondary N) is 1. The van der Waals surface area contributed by atoms with Crippen LogP contribution in [0.15, 0.2) is 21.7 Å². The van der Waals surface area contributed by atoms with Crippen molar-refractivity contribution < 1.29 is 22.9 Å². The van der Waals surface area contributed by atoms with Gasteiger partial charge >= 0.3 is 0 Å². The number of likely N-dealkylation sites (tertiary alicyclic amines) is 1. The molecular weight excluding hydrogens is 376 g/mol.